The van der Waals surface area contributed by atoms with Crippen LogP contribution in [0, 0.1) is 5.92 Å². The molecule has 1 fully saturated rings. The predicted octanol–water partition coefficient (Wildman–Crippen LogP) is 0.289. The first-order valence-corrected chi connectivity index (χ1v) is 7.47. The lowest BCUT2D eigenvalue weighted by molar-refractivity contribution is -0.137. The molecule has 1 amide bonds. The average molecular weight is 285 g/mol. The predicted molar refractivity (Wildman–Crippen MR) is 77.6 cm³/mol. The molecule has 3 N–H and O–H groups in total. The monoisotopic (exact) mass is 285 g/mol. The molecule has 6 heteroatoms. The number of amides is 1. The van der Waals surface area contributed by atoms with Gasteiger partial charge in [-0.3, -0.25) is 14.5 Å². The van der Waals surface area contributed by atoms with Crippen LogP contribution in [-0.2, 0) is 9.59 Å². The number of rotatable bonds is 9. The maximum atomic E-state index is 11.7. The van der Waals surface area contributed by atoms with Crippen LogP contribution in [0.1, 0.15) is 32.1 Å². The van der Waals surface area contributed by atoms with Gasteiger partial charge in [0.25, 0.3) is 0 Å². The van der Waals surface area contributed by atoms with Crippen molar-refractivity contribution in [1.29, 1.82) is 0 Å². The third kappa shape index (κ3) is 7.45. The third-order valence-electron chi connectivity index (χ3n) is 3.77. The summed E-state index contributed by atoms with van der Waals surface area (Å²) >= 11 is 0. The molecule has 0 saturated carbocycles. The Labute approximate surface area is 120 Å². The van der Waals surface area contributed by atoms with E-state index in [1.54, 1.807) is 0 Å². The number of carboxylic acid groups (broad SMARTS) is 1. The van der Waals surface area contributed by atoms with Gasteiger partial charge in [0.2, 0.25) is 5.91 Å². The van der Waals surface area contributed by atoms with Crippen molar-refractivity contribution in [3.05, 3.63) is 0 Å². The molecule has 0 unspecified atom stereocenters. The van der Waals surface area contributed by atoms with E-state index in [0.29, 0.717) is 19.5 Å². The molecule has 0 atom stereocenters. The molecule has 1 heterocycles. The lowest BCUT2D eigenvalue weighted by atomic mass is 9.93. The first-order valence-electron chi connectivity index (χ1n) is 7.47. The molecule has 0 spiro atoms. The summed E-state index contributed by atoms with van der Waals surface area (Å²) in [4.78, 5) is 24.2. The van der Waals surface area contributed by atoms with Gasteiger partial charge in [0.15, 0.2) is 0 Å². The van der Waals surface area contributed by atoms with Gasteiger partial charge >= 0.3 is 5.97 Å². The Morgan fingerprint density at radius 3 is 2.55 bits per heavy atom. The molecule has 20 heavy (non-hydrogen) atoms. The summed E-state index contributed by atoms with van der Waals surface area (Å²) < 4.78 is 0. The average Bonchev–Trinajstić information content (AvgIpc) is 2.43. The molecule has 0 bridgehead atoms. The van der Waals surface area contributed by atoms with Crippen LogP contribution in [0.25, 0.3) is 0 Å². The molecule has 6 nitrogen and oxygen atoms in total. The lowest BCUT2D eigenvalue weighted by Crippen LogP contribution is -2.42. The molecule has 1 saturated heterocycles. The van der Waals surface area contributed by atoms with E-state index in [0.717, 1.165) is 38.4 Å². The first-order chi connectivity index (χ1) is 9.61. The van der Waals surface area contributed by atoms with E-state index in [1.165, 1.54) is 6.42 Å². The van der Waals surface area contributed by atoms with E-state index in [4.69, 9.17) is 5.11 Å². The van der Waals surface area contributed by atoms with Crippen LogP contribution in [0.5, 0.6) is 0 Å². The van der Waals surface area contributed by atoms with Gasteiger partial charge in [0.1, 0.15) is 0 Å². The lowest BCUT2D eigenvalue weighted by Gasteiger charge is -2.31. The van der Waals surface area contributed by atoms with Crippen molar-refractivity contribution in [2.45, 2.75) is 32.1 Å². The molecule has 0 aromatic heterocycles. The SMILES string of the molecule is CNCCC1CCN(CC(=O)NCCCC(=O)O)CC1. The zero-order valence-electron chi connectivity index (χ0n) is 12.4. The van der Waals surface area contributed by atoms with E-state index in [2.05, 4.69) is 15.5 Å². The highest BCUT2D eigenvalue weighted by Crippen LogP contribution is 2.19. The smallest absolute Gasteiger partial charge is 0.303 e. The van der Waals surface area contributed by atoms with Crippen molar-refractivity contribution in [2.75, 3.05) is 39.8 Å². The number of carbonyl (C=O) groups excluding carboxylic acids is 1. The number of nitrogens with zero attached hydrogens (tertiary/aromatic N) is 1. The fraction of sp³-hybridized carbons (Fsp3) is 0.857. The Hall–Kier alpha value is -1.14. The van der Waals surface area contributed by atoms with E-state index in [-0.39, 0.29) is 12.3 Å². The highest BCUT2D eigenvalue weighted by Gasteiger charge is 2.20. The second kappa shape index (κ2) is 9.72. The zero-order chi connectivity index (χ0) is 14.8. The number of hydrogen-bond donors (Lipinski definition) is 3. The summed E-state index contributed by atoms with van der Waals surface area (Å²) in [6.45, 7) is 3.91. The van der Waals surface area contributed by atoms with E-state index in [9.17, 15) is 9.59 Å². The second-order valence-electron chi connectivity index (χ2n) is 5.46. The Balaban J connectivity index is 2.07. The van der Waals surface area contributed by atoms with E-state index in [1.807, 2.05) is 7.05 Å². The van der Waals surface area contributed by atoms with Crippen molar-refractivity contribution >= 4 is 11.9 Å². The summed E-state index contributed by atoms with van der Waals surface area (Å²) in [6.07, 6.45) is 4.14. The minimum Gasteiger partial charge on any atom is -0.481 e. The number of aliphatic carboxylic acids is 1. The molecule has 1 aliphatic heterocycles. The van der Waals surface area contributed by atoms with Crippen LogP contribution < -0.4 is 10.6 Å². The Kier molecular flexibility index (Phi) is 8.22. The summed E-state index contributed by atoms with van der Waals surface area (Å²) in [5, 5.41) is 14.5. The normalized spacial score (nSPS) is 17.1. The quantitative estimate of drug-likeness (QED) is 0.530. The summed E-state index contributed by atoms with van der Waals surface area (Å²) in [5.41, 5.74) is 0. The number of hydrogen-bond acceptors (Lipinski definition) is 4. The highest BCUT2D eigenvalue weighted by molar-refractivity contribution is 5.78. The molecular formula is C14H27N3O3. The number of likely N-dealkylation sites (tertiary alicyclic amines) is 1. The molecule has 0 radical (unpaired) electrons. The maximum absolute atomic E-state index is 11.7. The molecule has 1 aliphatic rings. The van der Waals surface area contributed by atoms with E-state index >= 15 is 0 Å². The molecular weight excluding hydrogens is 258 g/mol. The summed E-state index contributed by atoms with van der Waals surface area (Å²) in [5.74, 6) is -0.0377. The molecule has 0 aliphatic carbocycles. The maximum Gasteiger partial charge on any atom is 0.303 e. The fourth-order valence-electron chi connectivity index (χ4n) is 2.51. The van der Waals surface area contributed by atoms with Crippen LogP contribution in [0.15, 0.2) is 0 Å². The van der Waals surface area contributed by atoms with Gasteiger partial charge in [-0.15, -0.1) is 0 Å². The number of carboxylic acids is 1. The van der Waals surface area contributed by atoms with Gasteiger partial charge in [0.05, 0.1) is 6.54 Å². The van der Waals surface area contributed by atoms with Crippen molar-refractivity contribution in [1.82, 2.24) is 15.5 Å². The summed E-state index contributed by atoms with van der Waals surface area (Å²) in [7, 11) is 1.98. The van der Waals surface area contributed by atoms with Crippen molar-refractivity contribution < 1.29 is 14.7 Å². The van der Waals surface area contributed by atoms with E-state index < -0.39 is 5.97 Å². The summed E-state index contributed by atoms with van der Waals surface area (Å²) in [6, 6.07) is 0. The zero-order valence-corrected chi connectivity index (χ0v) is 12.4. The van der Waals surface area contributed by atoms with Gasteiger partial charge in [-0.25, -0.2) is 0 Å². The second-order valence-corrected chi connectivity index (χ2v) is 5.46. The minimum atomic E-state index is -0.817. The number of carbonyl (C=O) groups is 2. The highest BCUT2D eigenvalue weighted by atomic mass is 16.4. The van der Waals surface area contributed by atoms with Crippen molar-refractivity contribution in [3.63, 3.8) is 0 Å². The first kappa shape index (κ1) is 16.9. The van der Waals surface area contributed by atoms with Gasteiger partial charge in [-0.05, 0) is 58.3 Å². The van der Waals surface area contributed by atoms with Gasteiger partial charge in [-0.2, -0.15) is 0 Å². The number of piperidine rings is 1. The third-order valence-corrected chi connectivity index (χ3v) is 3.77. The van der Waals surface area contributed by atoms with Crippen LogP contribution >= 0.6 is 0 Å². The van der Waals surface area contributed by atoms with Crippen LogP contribution in [0.2, 0.25) is 0 Å². The number of nitrogens with one attached hydrogen (secondary N) is 2. The molecule has 0 aromatic rings. The van der Waals surface area contributed by atoms with Crippen LogP contribution in [0.3, 0.4) is 0 Å². The Morgan fingerprint density at radius 1 is 1.25 bits per heavy atom. The molecule has 116 valence electrons. The van der Waals surface area contributed by atoms with Crippen LogP contribution in [0.4, 0.5) is 0 Å². The Bertz CT molecular complexity index is 302. The fourth-order valence-corrected chi connectivity index (χ4v) is 2.51. The van der Waals surface area contributed by atoms with Gasteiger partial charge < -0.3 is 15.7 Å². The van der Waals surface area contributed by atoms with Crippen molar-refractivity contribution in [3.8, 4) is 0 Å². The standard InChI is InChI=1S/C14H27N3O3/c1-15-8-4-12-5-9-17(10-6-12)11-13(18)16-7-2-3-14(19)20/h12,15H,2-11H2,1H3,(H,16,18)(H,19,20). The minimum absolute atomic E-state index is 0.00376. The molecule has 0 aromatic carbocycles. The largest absolute Gasteiger partial charge is 0.481 e. The van der Waals surface area contributed by atoms with Crippen molar-refractivity contribution in [2.24, 2.45) is 5.92 Å². The topological polar surface area (TPSA) is 81.7 Å². The van der Waals surface area contributed by atoms with Gasteiger partial charge in [0, 0.05) is 13.0 Å². The Morgan fingerprint density at radius 2 is 1.95 bits per heavy atom. The molecule has 1 rings (SSSR count). The van der Waals surface area contributed by atoms with Gasteiger partial charge in [-0.1, -0.05) is 0 Å². The van der Waals surface area contributed by atoms with Crippen LogP contribution in [-0.4, -0.2) is 61.7 Å².